The molecule has 0 fully saturated rings. The first-order valence-electron chi connectivity index (χ1n) is 5.59. The third-order valence-electron chi connectivity index (χ3n) is 2.63. The zero-order chi connectivity index (χ0) is 12.4. The highest BCUT2D eigenvalue weighted by molar-refractivity contribution is 6.21. The van der Waals surface area contributed by atoms with Crippen LogP contribution in [0.15, 0.2) is 18.2 Å². The molecule has 5 heteroatoms. The Morgan fingerprint density at radius 1 is 1.47 bits per heavy atom. The number of nitrogens with zero attached hydrogens (tertiary/aromatic N) is 1. The summed E-state index contributed by atoms with van der Waals surface area (Å²) < 4.78 is 13.0. The Labute approximate surface area is 104 Å². The Balaban J connectivity index is 2.09. The van der Waals surface area contributed by atoms with Crippen LogP contribution >= 0.6 is 11.6 Å². The largest absolute Gasteiger partial charge is 0.354 e. The predicted octanol–water partition coefficient (Wildman–Crippen LogP) is 3.38. The molecule has 1 aromatic heterocycles. The lowest BCUT2D eigenvalue weighted by Gasteiger charge is -2.13. The molecular formula is C12H15ClFN3. The molecule has 17 heavy (non-hydrogen) atoms. The van der Waals surface area contributed by atoms with E-state index in [0.717, 1.165) is 5.52 Å². The van der Waals surface area contributed by atoms with E-state index in [1.54, 1.807) is 6.07 Å². The van der Waals surface area contributed by atoms with Gasteiger partial charge in [-0.15, -0.1) is 11.6 Å². The molecule has 1 unspecified atom stereocenters. The van der Waals surface area contributed by atoms with Crippen LogP contribution in [0.2, 0.25) is 0 Å². The van der Waals surface area contributed by atoms with Crippen LogP contribution in [0.25, 0.3) is 11.0 Å². The fraction of sp³-hybridized carbons (Fsp3) is 0.417. The Morgan fingerprint density at radius 2 is 2.24 bits per heavy atom. The summed E-state index contributed by atoms with van der Waals surface area (Å²) in [5.74, 6) is 0.744. The molecule has 0 aliphatic carbocycles. The summed E-state index contributed by atoms with van der Waals surface area (Å²) in [5.41, 5.74) is 1.42. The topological polar surface area (TPSA) is 40.7 Å². The van der Waals surface area contributed by atoms with E-state index in [2.05, 4.69) is 29.1 Å². The van der Waals surface area contributed by atoms with E-state index >= 15 is 0 Å². The van der Waals surface area contributed by atoms with Crippen molar-refractivity contribution in [3.8, 4) is 0 Å². The lowest BCUT2D eigenvalue weighted by Crippen LogP contribution is -2.19. The number of nitrogens with one attached hydrogen (secondary N) is 2. The van der Waals surface area contributed by atoms with Crippen molar-refractivity contribution in [1.29, 1.82) is 0 Å². The molecule has 0 aliphatic heterocycles. The van der Waals surface area contributed by atoms with Crippen molar-refractivity contribution in [2.45, 2.75) is 19.2 Å². The first-order valence-corrected chi connectivity index (χ1v) is 6.03. The van der Waals surface area contributed by atoms with Crippen molar-refractivity contribution in [2.24, 2.45) is 5.92 Å². The van der Waals surface area contributed by atoms with Crippen molar-refractivity contribution in [3.05, 3.63) is 24.0 Å². The quantitative estimate of drug-likeness (QED) is 0.823. The second-order valence-electron chi connectivity index (χ2n) is 4.39. The van der Waals surface area contributed by atoms with Gasteiger partial charge in [0.05, 0.1) is 16.4 Å². The molecule has 0 bridgehead atoms. The molecule has 0 amide bonds. The van der Waals surface area contributed by atoms with Gasteiger partial charge in [0.25, 0.3) is 0 Å². The van der Waals surface area contributed by atoms with Crippen molar-refractivity contribution in [1.82, 2.24) is 9.97 Å². The number of benzene rings is 1. The Hall–Kier alpha value is -1.29. The van der Waals surface area contributed by atoms with Gasteiger partial charge in [0.15, 0.2) is 0 Å². The monoisotopic (exact) mass is 255 g/mol. The summed E-state index contributed by atoms with van der Waals surface area (Å²) in [6.45, 7) is 4.75. The van der Waals surface area contributed by atoms with Gasteiger partial charge in [-0.2, -0.15) is 0 Å². The highest BCUT2D eigenvalue weighted by Gasteiger charge is 2.10. The van der Waals surface area contributed by atoms with E-state index in [9.17, 15) is 4.39 Å². The summed E-state index contributed by atoms with van der Waals surface area (Å²) in [4.78, 5) is 7.30. The molecule has 1 heterocycles. The molecule has 0 saturated carbocycles. The number of rotatable bonds is 4. The third kappa shape index (κ3) is 2.88. The lowest BCUT2D eigenvalue weighted by molar-refractivity contribution is 0.615. The number of alkyl halides is 1. The van der Waals surface area contributed by atoms with Crippen molar-refractivity contribution < 1.29 is 4.39 Å². The average molecular weight is 256 g/mol. The minimum absolute atomic E-state index is 0.0416. The summed E-state index contributed by atoms with van der Waals surface area (Å²) in [5, 5.41) is 3.16. The van der Waals surface area contributed by atoms with Crippen molar-refractivity contribution in [2.75, 3.05) is 11.9 Å². The van der Waals surface area contributed by atoms with Crippen LogP contribution in [-0.4, -0.2) is 21.9 Å². The molecule has 2 aromatic rings. The van der Waals surface area contributed by atoms with Gasteiger partial charge in [-0.25, -0.2) is 9.37 Å². The zero-order valence-electron chi connectivity index (χ0n) is 9.80. The molecule has 1 aromatic carbocycles. The highest BCUT2D eigenvalue weighted by Crippen LogP contribution is 2.16. The smallest absolute Gasteiger partial charge is 0.201 e. The first kappa shape index (κ1) is 12.2. The SMILES string of the molecule is CC(C)C(Cl)CNc1nc2ccc(F)cc2[nH]1. The van der Waals surface area contributed by atoms with E-state index < -0.39 is 0 Å². The van der Waals surface area contributed by atoms with Crippen LogP contribution in [0.4, 0.5) is 10.3 Å². The summed E-state index contributed by atoms with van der Waals surface area (Å²) in [6, 6.07) is 4.46. The molecule has 1 atom stereocenters. The van der Waals surface area contributed by atoms with Gasteiger partial charge < -0.3 is 10.3 Å². The highest BCUT2D eigenvalue weighted by atomic mass is 35.5. The number of aromatic amines is 1. The van der Waals surface area contributed by atoms with Crippen LogP contribution < -0.4 is 5.32 Å². The number of imidazole rings is 1. The Morgan fingerprint density at radius 3 is 2.94 bits per heavy atom. The third-order valence-corrected chi connectivity index (χ3v) is 3.29. The minimum atomic E-state index is -0.273. The van der Waals surface area contributed by atoms with Crippen LogP contribution in [0, 0.1) is 11.7 Å². The fourth-order valence-corrected chi connectivity index (χ4v) is 1.57. The maximum Gasteiger partial charge on any atom is 0.201 e. The number of hydrogen-bond donors (Lipinski definition) is 2. The molecule has 0 aliphatic rings. The number of anilines is 1. The fourth-order valence-electron chi connectivity index (χ4n) is 1.50. The maximum absolute atomic E-state index is 13.0. The van der Waals surface area contributed by atoms with Crippen LogP contribution in [0.1, 0.15) is 13.8 Å². The number of fused-ring (bicyclic) bond motifs is 1. The van der Waals surface area contributed by atoms with E-state index in [-0.39, 0.29) is 11.2 Å². The van der Waals surface area contributed by atoms with Crippen LogP contribution in [-0.2, 0) is 0 Å². The van der Waals surface area contributed by atoms with Crippen LogP contribution in [0.3, 0.4) is 0 Å². The first-order chi connectivity index (χ1) is 8.06. The number of halogens is 2. The predicted molar refractivity (Wildman–Crippen MR) is 69.0 cm³/mol. The number of aromatic nitrogens is 2. The second-order valence-corrected chi connectivity index (χ2v) is 4.95. The zero-order valence-corrected chi connectivity index (χ0v) is 10.6. The number of H-pyrrole nitrogens is 1. The standard InChI is InChI=1S/C12H15ClFN3/c1-7(2)9(13)6-15-12-16-10-4-3-8(14)5-11(10)17-12/h3-5,7,9H,6H2,1-2H3,(H2,15,16,17). The molecule has 3 nitrogen and oxygen atoms in total. The molecular weight excluding hydrogens is 241 g/mol. The van der Waals surface area contributed by atoms with Gasteiger partial charge >= 0.3 is 0 Å². The summed E-state index contributed by atoms with van der Waals surface area (Å²) in [7, 11) is 0. The van der Waals surface area contributed by atoms with E-state index in [4.69, 9.17) is 11.6 Å². The maximum atomic E-state index is 13.0. The van der Waals surface area contributed by atoms with Gasteiger partial charge in [-0.05, 0) is 24.1 Å². The van der Waals surface area contributed by atoms with Gasteiger partial charge in [0.2, 0.25) is 5.95 Å². The molecule has 2 rings (SSSR count). The van der Waals surface area contributed by atoms with Crippen molar-refractivity contribution in [3.63, 3.8) is 0 Å². The Bertz CT molecular complexity index is 509. The molecule has 2 N–H and O–H groups in total. The van der Waals surface area contributed by atoms with E-state index in [1.807, 2.05) is 0 Å². The number of hydrogen-bond acceptors (Lipinski definition) is 2. The molecule has 0 spiro atoms. The van der Waals surface area contributed by atoms with Gasteiger partial charge in [0.1, 0.15) is 5.82 Å². The normalized spacial score (nSPS) is 13.2. The minimum Gasteiger partial charge on any atom is -0.354 e. The van der Waals surface area contributed by atoms with Crippen molar-refractivity contribution >= 4 is 28.6 Å². The van der Waals surface area contributed by atoms with Gasteiger partial charge in [0, 0.05) is 6.54 Å². The molecule has 0 radical (unpaired) electrons. The van der Waals surface area contributed by atoms with Gasteiger partial charge in [-0.3, -0.25) is 0 Å². The van der Waals surface area contributed by atoms with E-state index in [0.29, 0.717) is 23.9 Å². The lowest BCUT2D eigenvalue weighted by atomic mass is 10.1. The average Bonchev–Trinajstić information content (AvgIpc) is 2.67. The summed E-state index contributed by atoms with van der Waals surface area (Å²) >= 11 is 6.13. The Kier molecular flexibility index (Phi) is 3.52. The van der Waals surface area contributed by atoms with E-state index in [1.165, 1.54) is 12.1 Å². The molecule has 0 saturated heterocycles. The van der Waals surface area contributed by atoms with Crippen LogP contribution in [0.5, 0.6) is 0 Å². The molecule has 92 valence electrons. The second kappa shape index (κ2) is 4.92. The summed E-state index contributed by atoms with van der Waals surface area (Å²) in [6.07, 6.45) is 0. The van der Waals surface area contributed by atoms with Gasteiger partial charge in [-0.1, -0.05) is 13.8 Å².